The van der Waals surface area contributed by atoms with Crippen LogP contribution < -0.4 is 0 Å². The van der Waals surface area contributed by atoms with Crippen molar-refractivity contribution in [2.45, 2.75) is 18.8 Å². The number of nitrogens with zero attached hydrogens (tertiary/aromatic N) is 1. The Morgan fingerprint density at radius 2 is 2.22 bits per heavy atom. The number of rotatable bonds is 5. The van der Waals surface area contributed by atoms with Gasteiger partial charge in [0.2, 0.25) is 0 Å². The molecule has 0 bridgehead atoms. The second-order valence-electron chi connectivity index (χ2n) is 3.74. The zero-order valence-corrected chi connectivity index (χ0v) is 11.5. The van der Waals surface area contributed by atoms with Gasteiger partial charge in [0, 0.05) is 10.6 Å². The third kappa shape index (κ3) is 2.71. The molecule has 1 aromatic carbocycles. The van der Waals surface area contributed by atoms with Crippen molar-refractivity contribution >= 4 is 23.4 Å². The molecule has 5 heteroatoms. The molecule has 0 aliphatic carbocycles. The molecule has 18 heavy (non-hydrogen) atoms. The summed E-state index contributed by atoms with van der Waals surface area (Å²) in [6, 6.07) is 7.68. The number of hydrogen-bond donors (Lipinski definition) is 1. The van der Waals surface area contributed by atoms with E-state index >= 15 is 0 Å². The van der Waals surface area contributed by atoms with Crippen molar-refractivity contribution in [3.05, 3.63) is 52.4 Å². The van der Waals surface area contributed by atoms with Crippen molar-refractivity contribution in [1.29, 1.82) is 0 Å². The van der Waals surface area contributed by atoms with E-state index in [-0.39, 0.29) is 11.9 Å². The smallest absolute Gasteiger partial charge is 0.129 e. The Morgan fingerprint density at radius 1 is 1.44 bits per heavy atom. The molecule has 0 radical (unpaired) electrons. The highest BCUT2D eigenvalue weighted by Crippen LogP contribution is 2.39. The van der Waals surface area contributed by atoms with Crippen LogP contribution in [0.15, 0.2) is 35.1 Å². The molecule has 96 valence electrons. The summed E-state index contributed by atoms with van der Waals surface area (Å²) in [4.78, 5) is 0. The lowest BCUT2D eigenvalue weighted by Crippen LogP contribution is -2.02. The van der Waals surface area contributed by atoms with Gasteiger partial charge < -0.3 is 9.63 Å². The van der Waals surface area contributed by atoms with E-state index in [2.05, 4.69) is 12.1 Å². The zero-order chi connectivity index (χ0) is 13.0. The van der Waals surface area contributed by atoms with E-state index in [4.69, 9.17) is 16.1 Å². The molecule has 3 nitrogen and oxygen atoms in total. The number of aliphatic hydroxyl groups is 1. The molecule has 0 saturated carbocycles. The zero-order valence-electron chi connectivity index (χ0n) is 9.97. The minimum Gasteiger partial charge on any atom is -0.391 e. The first-order valence-corrected chi connectivity index (χ1v) is 7.10. The summed E-state index contributed by atoms with van der Waals surface area (Å²) >= 11 is 7.95. The molecule has 1 N–H and O–H groups in total. The van der Waals surface area contributed by atoms with E-state index in [1.54, 1.807) is 11.8 Å². The summed E-state index contributed by atoms with van der Waals surface area (Å²) in [5, 5.41) is 14.0. The summed E-state index contributed by atoms with van der Waals surface area (Å²) < 4.78 is 4.96. The van der Waals surface area contributed by atoms with Gasteiger partial charge in [-0.05, 0) is 17.4 Å². The van der Waals surface area contributed by atoms with Gasteiger partial charge in [-0.3, -0.25) is 0 Å². The molecule has 2 aromatic rings. The molecule has 2 rings (SSSR count). The van der Waals surface area contributed by atoms with E-state index in [0.29, 0.717) is 10.6 Å². The highest BCUT2D eigenvalue weighted by atomic mass is 35.5. The summed E-state index contributed by atoms with van der Waals surface area (Å²) in [6.45, 7) is 2.00. The standard InChI is InChI=1S/C13H14ClNO2S/c1-2-18-13(10-5-3-4-6-11(10)14)12-9(7-16)8-17-15-12/h3-6,8,13,16H,2,7H2,1H3. The predicted octanol–water partition coefficient (Wildman–Crippen LogP) is 3.66. The van der Waals surface area contributed by atoms with Crippen LogP contribution in [0.5, 0.6) is 0 Å². The number of aliphatic hydroxyl groups excluding tert-OH is 1. The average molecular weight is 284 g/mol. The Labute approximate surface area is 115 Å². The Balaban J connectivity index is 2.43. The fraction of sp³-hybridized carbons (Fsp3) is 0.308. The molecule has 1 unspecified atom stereocenters. The molecule has 0 fully saturated rings. The number of benzene rings is 1. The van der Waals surface area contributed by atoms with Crippen LogP contribution in [0, 0.1) is 0 Å². The van der Waals surface area contributed by atoms with Gasteiger partial charge in [-0.15, -0.1) is 11.8 Å². The molecular weight excluding hydrogens is 270 g/mol. The van der Waals surface area contributed by atoms with Crippen LogP contribution in [0.4, 0.5) is 0 Å². The van der Waals surface area contributed by atoms with Crippen LogP contribution in [0.2, 0.25) is 5.02 Å². The maximum Gasteiger partial charge on any atom is 0.129 e. The van der Waals surface area contributed by atoms with E-state index in [1.807, 2.05) is 24.3 Å². The van der Waals surface area contributed by atoms with Gasteiger partial charge in [-0.1, -0.05) is 41.9 Å². The third-order valence-electron chi connectivity index (χ3n) is 2.61. The van der Waals surface area contributed by atoms with E-state index in [1.165, 1.54) is 6.26 Å². The summed E-state index contributed by atoms with van der Waals surface area (Å²) in [7, 11) is 0. The molecule has 0 saturated heterocycles. The molecule has 0 aliphatic rings. The predicted molar refractivity (Wildman–Crippen MR) is 73.9 cm³/mol. The van der Waals surface area contributed by atoms with E-state index in [0.717, 1.165) is 17.0 Å². The van der Waals surface area contributed by atoms with Crippen LogP contribution in [0.1, 0.15) is 29.0 Å². The minimum atomic E-state index is -0.0793. The second-order valence-corrected chi connectivity index (χ2v) is 5.53. The first kappa shape index (κ1) is 13.5. The Kier molecular flexibility index (Phi) is 4.69. The molecule has 0 aliphatic heterocycles. The number of thioether (sulfide) groups is 1. The van der Waals surface area contributed by atoms with Gasteiger partial charge in [0.1, 0.15) is 12.0 Å². The normalized spacial score (nSPS) is 12.6. The Morgan fingerprint density at radius 3 is 2.89 bits per heavy atom. The highest BCUT2D eigenvalue weighted by Gasteiger charge is 2.22. The highest BCUT2D eigenvalue weighted by molar-refractivity contribution is 7.99. The maximum atomic E-state index is 9.30. The first-order chi connectivity index (χ1) is 8.77. The molecule has 1 atom stereocenters. The largest absolute Gasteiger partial charge is 0.391 e. The number of aromatic nitrogens is 1. The Hall–Kier alpha value is -0.970. The number of hydrogen-bond acceptors (Lipinski definition) is 4. The fourth-order valence-corrected chi connectivity index (χ4v) is 3.15. The lowest BCUT2D eigenvalue weighted by atomic mass is 10.1. The van der Waals surface area contributed by atoms with Crippen molar-refractivity contribution in [3.63, 3.8) is 0 Å². The SMILES string of the molecule is CCSC(c1ccccc1Cl)c1nocc1CO. The molecular formula is C13H14ClNO2S. The van der Waals surface area contributed by atoms with Crippen molar-refractivity contribution < 1.29 is 9.63 Å². The maximum absolute atomic E-state index is 9.30. The lowest BCUT2D eigenvalue weighted by molar-refractivity contribution is 0.279. The quantitative estimate of drug-likeness (QED) is 0.909. The monoisotopic (exact) mass is 283 g/mol. The number of halogens is 1. The van der Waals surface area contributed by atoms with Gasteiger partial charge in [0.15, 0.2) is 0 Å². The van der Waals surface area contributed by atoms with E-state index < -0.39 is 0 Å². The van der Waals surface area contributed by atoms with Gasteiger partial charge in [-0.25, -0.2) is 0 Å². The van der Waals surface area contributed by atoms with Crippen molar-refractivity contribution in [1.82, 2.24) is 5.16 Å². The molecule has 0 spiro atoms. The van der Waals surface area contributed by atoms with Crippen LogP contribution in [0.3, 0.4) is 0 Å². The average Bonchev–Trinajstić information content (AvgIpc) is 2.85. The summed E-state index contributed by atoms with van der Waals surface area (Å²) in [5.74, 6) is 0.924. The molecule has 1 aromatic heterocycles. The fourth-order valence-electron chi connectivity index (χ4n) is 1.77. The van der Waals surface area contributed by atoms with Gasteiger partial charge >= 0.3 is 0 Å². The van der Waals surface area contributed by atoms with Crippen LogP contribution in [-0.2, 0) is 6.61 Å². The Bertz CT molecular complexity index is 515. The lowest BCUT2D eigenvalue weighted by Gasteiger charge is -2.16. The van der Waals surface area contributed by atoms with Crippen LogP contribution in [0.25, 0.3) is 0 Å². The van der Waals surface area contributed by atoms with Crippen LogP contribution >= 0.6 is 23.4 Å². The molecule has 1 heterocycles. The van der Waals surface area contributed by atoms with Gasteiger partial charge in [0.25, 0.3) is 0 Å². The van der Waals surface area contributed by atoms with Crippen molar-refractivity contribution in [2.75, 3.05) is 5.75 Å². The molecule has 0 amide bonds. The van der Waals surface area contributed by atoms with E-state index in [9.17, 15) is 5.11 Å². The summed E-state index contributed by atoms with van der Waals surface area (Å²) in [5.41, 5.74) is 2.45. The van der Waals surface area contributed by atoms with Gasteiger partial charge in [0.05, 0.1) is 11.9 Å². The first-order valence-electron chi connectivity index (χ1n) is 5.68. The third-order valence-corrected chi connectivity index (χ3v) is 4.10. The van der Waals surface area contributed by atoms with Crippen molar-refractivity contribution in [3.8, 4) is 0 Å². The summed E-state index contributed by atoms with van der Waals surface area (Å²) in [6.07, 6.45) is 1.48. The minimum absolute atomic E-state index is 0.00963. The second kappa shape index (κ2) is 6.27. The van der Waals surface area contributed by atoms with Crippen molar-refractivity contribution in [2.24, 2.45) is 0 Å². The van der Waals surface area contributed by atoms with Gasteiger partial charge in [-0.2, -0.15) is 0 Å². The van der Waals surface area contributed by atoms with Crippen LogP contribution in [-0.4, -0.2) is 16.0 Å². The topological polar surface area (TPSA) is 46.3 Å².